The van der Waals surface area contributed by atoms with Gasteiger partial charge in [0.05, 0.1) is 12.7 Å². The van der Waals surface area contributed by atoms with E-state index >= 15 is 0 Å². The highest BCUT2D eigenvalue weighted by atomic mass is 35.5. The fourth-order valence-electron chi connectivity index (χ4n) is 1.67. The number of β-amino-alcohol motifs (C(OH)–C–C–N with tert-alkyl or cyclic N) is 1. The molecule has 0 radical (unpaired) electrons. The lowest BCUT2D eigenvalue weighted by molar-refractivity contribution is 0.0629. The SMILES string of the molecule is CCOC(=O)N1CCN(CC(O)CCl)CC1. The minimum atomic E-state index is -0.490. The molecule has 0 aromatic heterocycles. The summed E-state index contributed by atoms with van der Waals surface area (Å²) in [5, 5.41) is 9.39. The fraction of sp³-hybridized carbons (Fsp3) is 0.900. The van der Waals surface area contributed by atoms with Gasteiger partial charge in [-0.25, -0.2) is 4.79 Å². The van der Waals surface area contributed by atoms with Crippen molar-refractivity contribution in [1.82, 2.24) is 9.80 Å². The first kappa shape index (κ1) is 13.5. The quantitative estimate of drug-likeness (QED) is 0.732. The third kappa shape index (κ3) is 4.15. The molecule has 0 spiro atoms. The van der Waals surface area contributed by atoms with Crippen molar-refractivity contribution in [2.24, 2.45) is 0 Å². The molecule has 1 unspecified atom stereocenters. The number of halogens is 1. The number of amides is 1. The summed E-state index contributed by atoms with van der Waals surface area (Å²) in [6, 6.07) is 0. The average Bonchev–Trinajstić information content (AvgIpc) is 2.30. The molecular formula is C10H19ClN2O3. The zero-order valence-electron chi connectivity index (χ0n) is 9.56. The second-order valence-electron chi connectivity index (χ2n) is 3.79. The molecule has 5 nitrogen and oxygen atoms in total. The van der Waals surface area contributed by atoms with Crippen LogP contribution in [0.15, 0.2) is 0 Å². The number of aliphatic hydroxyl groups is 1. The highest BCUT2D eigenvalue weighted by molar-refractivity contribution is 6.18. The van der Waals surface area contributed by atoms with Crippen LogP contribution in [0.1, 0.15) is 6.92 Å². The maximum atomic E-state index is 11.4. The van der Waals surface area contributed by atoms with Gasteiger partial charge in [0, 0.05) is 38.6 Å². The number of hydrogen-bond donors (Lipinski definition) is 1. The van der Waals surface area contributed by atoms with Crippen molar-refractivity contribution >= 4 is 17.7 Å². The number of nitrogens with zero attached hydrogens (tertiary/aromatic N) is 2. The summed E-state index contributed by atoms with van der Waals surface area (Å²) in [5.74, 6) is 0.248. The summed E-state index contributed by atoms with van der Waals surface area (Å²) in [6.07, 6.45) is -0.740. The second-order valence-corrected chi connectivity index (χ2v) is 4.10. The molecule has 1 heterocycles. The summed E-state index contributed by atoms with van der Waals surface area (Å²) in [6.45, 7) is 5.58. The van der Waals surface area contributed by atoms with Gasteiger partial charge in [-0.05, 0) is 6.92 Å². The minimum Gasteiger partial charge on any atom is -0.450 e. The van der Waals surface area contributed by atoms with Crippen LogP contribution >= 0.6 is 11.6 Å². The lowest BCUT2D eigenvalue weighted by atomic mass is 10.3. The molecule has 0 aromatic carbocycles. The lowest BCUT2D eigenvalue weighted by Crippen LogP contribution is -2.50. The normalized spacial score (nSPS) is 19.6. The number of carbonyl (C=O) groups is 1. The highest BCUT2D eigenvalue weighted by Gasteiger charge is 2.22. The number of rotatable bonds is 4. The van der Waals surface area contributed by atoms with E-state index in [0.29, 0.717) is 26.2 Å². The molecule has 1 aliphatic rings. The molecule has 1 rings (SSSR count). The Labute approximate surface area is 101 Å². The number of alkyl halides is 1. The predicted molar refractivity (Wildman–Crippen MR) is 61.8 cm³/mol. The van der Waals surface area contributed by atoms with E-state index < -0.39 is 6.10 Å². The van der Waals surface area contributed by atoms with E-state index in [4.69, 9.17) is 16.3 Å². The third-order valence-corrected chi connectivity index (χ3v) is 2.90. The zero-order chi connectivity index (χ0) is 12.0. The molecule has 1 N–H and O–H groups in total. The molecule has 1 atom stereocenters. The summed E-state index contributed by atoms with van der Waals surface area (Å²) in [7, 11) is 0. The first-order valence-corrected chi connectivity index (χ1v) is 6.09. The Morgan fingerprint density at radius 3 is 2.56 bits per heavy atom. The monoisotopic (exact) mass is 250 g/mol. The number of ether oxygens (including phenoxy) is 1. The summed E-state index contributed by atoms with van der Waals surface area (Å²) in [5.41, 5.74) is 0. The molecule has 16 heavy (non-hydrogen) atoms. The van der Waals surface area contributed by atoms with E-state index in [-0.39, 0.29) is 12.0 Å². The largest absolute Gasteiger partial charge is 0.450 e. The van der Waals surface area contributed by atoms with Crippen molar-refractivity contribution in [3.63, 3.8) is 0 Å². The maximum absolute atomic E-state index is 11.4. The third-order valence-electron chi connectivity index (χ3n) is 2.55. The second kappa shape index (κ2) is 6.93. The Balaban J connectivity index is 2.25. The van der Waals surface area contributed by atoms with Crippen LogP contribution in [0, 0.1) is 0 Å². The van der Waals surface area contributed by atoms with Gasteiger partial charge in [-0.2, -0.15) is 0 Å². The Bertz CT molecular complexity index is 220. The highest BCUT2D eigenvalue weighted by Crippen LogP contribution is 2.05. The number of hydrogen-bond acceptors (Lipinski definition) is 4. The van der Waals surface area contributed by atoms with Crippen molar-refractivity contribution in [3.8, 4) is 0 Å². The predicted octanol–water partition coefficient (Wildman–Crippen LogP) is 0.360. The lowest BCUT2D eigenvalue weighted by Gasteiger charge is -2.34. The summed E-state index contributed by atoms with van der Waals surface area (Å²) < 4.78 is 4.92. The van der Waals surface area contributed by atoms with Crippen molar-refractivity contribution in [2.75, 3.05) is 45.2 Å². The van der Waals surface area contributed by atoms with Gasteiger partial charge in [0.1, 0.15) is 0 Å². The molecule has 1 aliphatic heterocycles. The number of carbonyl (C=O) groups excluding carboxylic acids is 1. The van der Waals surface area contributed by atoms with E-state index in [1.54, 1.807) is 11.8 Å². The van der Waals surface area contributed by atoms with Gasteiger partial charge < -0.3 is 14.7 Å². The van der Waals surface area contributed by atoms with E-state index in [2.05, 4.69) is 4.90 Å². The van der Waals surface area contributed by atoms with Gasteiger partial charge in [0.15, 0.2) is 0 Å². The summed E-state index contributed by atoms with van der Waals surface area (Å²) in [4.78, 5) is 15.2. The van der Waals surface area contributed by atoms with Crippen LogP contribution in [-0.2, 0) is 4.74 Å². The van der Waals surface area contributed by atoms with Gasteiger partial charge >= 0.3 is 6.09 Å². The van der Waals surface area contributed by atoms with Crippen LogP contribution in [0.2, 0.25) is 0 Å². The van der Waals surface area contributed by atoms with E-state index in [1.807, 2.05) is 0 Å². The molecule has 0 aromatic rings. The smallest absolute Gasteiger partial charge is 0.409 e. The first-order chi connectivity index (χ1) is 7.67. The Morgan fingerprint density at radius 2 is 2.06 bits per heavy atom. The van der Waals surface area contributed by atoms with Gasteiger partial charge in [0.25, 0.3) is 0 Å². The fourth-order valence-corrected chi connectivity index (χ4v) is 1.77. The molecule has 1 fully saturated rings. The molecule has 0 aliphatic carbocycles. The van der Waals surface area contributed by atoms with Crippen LogP contribution in [0.4, 0.5) is 4.79 Å². The van der Waals surface area contributed by atoms with E-state index in [0.717, 1.165) is 13.1 Å². The molecule has 94 valence electrons. The summed E-state index contributed by atoms with van der Waals surface area (Å²) >= 11 is 5.53. The van der Waals surface area contributed by atoms with Crippen molar-refractivity contribution < 1.29 is 14.6 Å². The topological polar surface area (TPSA) is 53.0 Å². The van der Waals surface area contributed by atoms with Crippen molar-refractivity contribution in [2.45, 2.75) is 13.0 Å². The minimum absolute atomic E-state index is 0.248. The average molecular weight is 251 g/mol. The molecule has 0 saturated carbocycles. The van der Waals surface area contributed by atoms with E-state index in [9.17, 15) is 9.90 Å². The molecular weight excluding hydrogens is 232 g/mol. The van der Waals surface area contributed by atoms with Gasteiger partial charge in [-0.1, -0.05) is 0 Å². The Morgan fingerprint density at radius 1 is 1.44 bits per heavy atom. The van der Waals surface area contributed by atoms with Crippen LogP contribution in [0.25, 0.3) is 0 Å². The zero-order valence-corrected chi connectivity index (χ0v) is 10.3. The molecule has 1 amide bonds. The van der Waals surface area contributed by atoms with Crippen LogP contribution in [0.5, 0.6) is 0 Å². The Hall–Kier alpha value is -0.520. The molecule has 0 bridgehead atoms. The number of aliphatic hydroxyl groups excluding tert-OH is 1. The van der Waals surface area contributed by atoms with E-state index in [1.165, 1.54) is 0 Å². The van der Waals surface area contributed by atoms with Gasteiger partial charge in [0.2, 0.25) is 0 Å². The standard InChI is InChI=1S/C10H19ClN2O3/c1-2-16-10(15)13-5-3-12(4-6-13)8-9(14)7-11/h9,14H,2-8H2,1H3. The van der Waals surface area contributed by atoms with Crippen LogP contribution < -0.4 is 0 Å². The maximum Gasteiger partial charge on any atom is 0.409 e. The van der Waals surface area contributed by atoms with Gasteiger partial charge in [-0.3, -0.25) is 4.90 Å². The van der Waals surface area contributed by atoms with Crippen molar-refractivity contribution in [1.29, 1.82) is 0 Å². The Kier molecular flexibility index (Phi) is 5.87. The van der Waals surface area contributed by atoms with Crippen molar-refractivity contribution in [3.05, 3.63) is 0 Å². The number of piperazine rings is 1. The molecule has 1 saturated heterocycles. The van der Waals surface area contributed by atoms with Crippen LogP contribution in [-0.4, -0.2) is 72.3 Å². The first-order valence-electron chi connectivity index (χ1n) is 5.55. The molecule has 6 heteroatoms. The van der Waals surface area contributed by atoms with Gasteiger partial charge in [-0.15, -0.1) is 11.6 Å². The van der Waals surface area contributed by atoms with Crippen LogP contribution in [0.3, 0.4) is 0 Å².